The molecule has 1 aliphatic heterocycles. The largest absolute Gasteiger partial charge is 0.467 e. The lowest BCUT2D eigenvalue weighted by atomic mass is 9.97. The van der Waals surface area contributed by atoms with Gasteiger partial charge in [0.05, 0.1) is 12.2 Å². The lowest BCUT2D eigenvalue weighted by Crippen LogP contribution is -2.42. The Morgan fingerprint density at radius 2 is 2.10 bits per heavy atom. The van der Waals surface area contributed by atoms with Crippen LogP contribution in [-0.4, -0.2) is 19.0 Å². The van der Waals surface area contributed by atoms with Gasteiger partial charge in [-0.25, -0.2) is 0 Å². The molecule has 1 aromatic heterocycles. The summed E-state index contributed by atoms with van der Waals surface area (Å²) in [4.78, 5) is 12.5. The van der Waals surface area contributed by atoms with Crippen molar-refractivity contribution < 1.29 is 9.21 Å². The van der Waals surface area contributed by atoms with Crippen molar-refractivity contribution >= 4 is 5.91 Å². The van der Waals surface area contributed by atoms with Gasteiger partial charge in [0.25, 0.3) is 0 Å². The number of piperidine rings is 1. The minimum Gasteiger partial charge on any atom is -0.467 e. The lowest BCUT2D eigenvalue weighted by molar-refractivity contribution is -0.126. The van der Waals surface area contributed by atoms with Crippen LogP contribution < -0.4 is 10.6 Å². The minimum absolute atomic E-state index is 0.0416. The SMILES string of the molecule is O=C(NC(c1ccccc1)c1ccco1)C1CCCNC1. The van der Waals surface area contributed by atoms with Crippen molar-refractivity contribution in [3.05, 3.63) is 60.1 Å². The molecule has 21 heavy (non-hydrogen) atoms. The molecule has 2 unspecified atom stereocenters. The highest BCUT2D eigenvalue weighted by Crippen LogP contribution is 2.23. The molecule has 0 radical (unpaired) electrons. The van der Waals surface area contributed by atoms with Gasteiger partial charge >= 0.3 is 0 Å². The molecule has 2 N–H and O–H groups in total. The molecule has 2 atom stereocenters. The van der Waals surface area contributed by atoms with Crippen LogP contribution in [-0.2, 0) is 4.79 Å². The summed E-state index contributed by atoms with van der Waals surface area (Å²) in [6.45, 7) is 1.76. The number of rotatable bonds is 4. The number of carbonyl (C=O) groups is 1. The summed E-state index contributed by atoms with van der Waals surface area (Å²) in [5.74, 6) is 0.894. The Hall–Kier alpha value is -2.07. The van der Waals surface area contributed by atoms with E-state index in [1.54, 1.807) is 6.26 Å². The van der Waals surface area contributed by atoms with Gasteiger partial charge in [-0.2, -0.15) is 0 Å². The van der Waals surface area contributed by atoms with E-state index in [1.165, 1.54) is 0 Å². The van der Waals surface area contributed by atoms with Crippen LogP contribution in [0.5, 0.6) is 0 Å². The second kappa shape index (κ2) is 6.59. The summed E-state index contributed by atoms with van der Waals surface area (Å²) in [5.41, 5.74) is 1.03. The molecule has 2 heterocycles. The van der Waals surface area contributed by atoms with Crippen LogP contribution in [0.3, 0.4) is 0 Å². The summed E-state index contributed by atoms with van der Waals surface area (Å²) < 4.78 is 5.51. The number of furan rings is 1. The average molecular weight is 284 g/mol. The highest BCUT2D eigenvalue weighted by molar-refractivity contribution is 5.79. The van der Waals surface area contributed by atoms with Crippen LogP contribution in [0.15, 0.2) is 53.1 Å². The third-order valence-electron chi connectivity index (χ3n) is 3.91. The van der Waals surface area contributed by atoms with Gasteiger partial charge in [0, 0.05) is 6.54 Å². The van der Waals surface area contributed by atoms with Crippen molar-refractivity contribution in [2.75, 3.05) is 13.1 Å². The Kier molecular flexibility index (Phi) is 4.36. The number of nitrogens with one attached hydrogen (secondary N) is 2. The summed E-state index contributed by atoms with van der Waals surface area (Å²) in [6.07, 6.45) is 3.63. The van der Waals surface area contributed by atoms with Gasteiger partial charge in [-0.1, -0.05) is 30.3 Å². The van der Waals surface area contributed by atoms with Crippen LogP contribution >= 0.6 is 0 Å². The molecule has 110 valence electrons. The summed E-state index contributed by atoms with van der Waals surface area (Å²) in [6, 6.07) is 13.4. The van der Waals surface area contributed by atoms with Crippen molar-refractivity contribution in [1.29, 1.82) is 0 Å². The van der Waals surface area contributed by atoms with Gasteiger partial charge in [-0.15, -0.1) is 0 Å². The monoisotopic (exact) mass is 284 g/mol. The Bertz CT molecular complexity index is 560. The van der Waals surface area contributed by atoms with Crippen molar-refractivity contribution in [3.63, 3.8) is 0 Å². The smallest absolute Gasteiger partial charge is 0.225 e. The Balaban J connectivity index is 1.78. The topological polar surface area (TPSA) is 54.3 Å². The van der Waals surface area contributed by atoms with Gasteiger partial charge in [0.15, 0.2) is 0 Å². The van der Waals surface area contributed by atoms with E-state index in [-0.39, 0.29) is 17.9 Å². The van der Waals surface area contributed by atoms with Crippen LogP contribution in [0, 0.1) is 5.92 Å². The van der Waals surface area contributed by atoms with Crippen LogP contribution in [0.2, 0.25) is 0 Å². The standard InChI is InChI=1S/C17H20N2O2/c20-17(14-8-4-10-18-12-14)19-16(15-9-5-11-21-15)13-6-2-1-3-7-13/h1-3,5-7,9,11,14,16,18H,4,8,10,12H2,(H,19,20). The van der Waals surface area contributed by atoms with E-state index in [2.05, 4.69) is 10.6 Å². The summed E-state index contributed by atoms with van der Waals surface area (Å²) in [7, 11) is 0. The first kappa shape index (κ1) is 13.9. The maximum atomic E-state index is 12.5. The molecular formula is C17H20N2O2. The molecule has 3 rings (SSSR count). The second-order valence-electron chi connectivity index (χ2n) is 5.41. The Morgan fingerprint density at radius 3 is 2.76 bits per heavy atom. The zero-order valence-electron chi connectivity index (χ0n) is 11.9. The van der Waals surface area contributed by atoms with Crippen LogP contribution in [0.25, 0.3) is 0 Å². The van der Waals surface area contributed by atoms with Crippen LogP contribution in [0.4, 0.5) is 0 Å². The molecule has 0 bridgehead atoms. The fourth-order valence-corrected chi connectivity index (χ4v) is 2.76. The molecule has 0 saturated carbocycles. The summed E-state index contributed by atoms with van der Waals surface area (Å²) in [5, 5.41) is 6.41. The maximum absolute atomic E-state index is 12.5. The zero-order valence-corrected chi connectivity index (χ0v) is 11.9. The van der Waals surface area contributed by atoms with Crippen LogP contribution in [0.1, 0.15) is 30.2 Å². The lowest BCUT2D eigenvalue weighted by Gasteiger charge is -2.25. The quantitative estimate of drug-likeness (QED) is 0.907. The van der Waals surface area contributed by atoms with E-state index >= 15 is 0 Å². The second-order valence-corrected chi connectivity index (χ2v) is 5.41. The van der Waals surface area contributed by atoms with Gasteiger partial charge in [0.2, 0.25) is 5.91 Å². The van der Waals surface area contributed by atoms with E-state index in [4.69, 9.17) is 4.42 Å². The zero-order chi connectivity index (χ0) is 14.5. The predicted molar refractivity (Wildman–Crippen MR) is 80.7 cm³/mol. The minimum atomic E-state index is -0.226. The molecule has 1 saturated heterocycles. The molecule has 1 aromatic carbocycles. The number of benzene rings is 1. The number of hydrogen-bond acceptors (Lipinski definition) is 3. The third-order valence-corrected chi connectivity index (χ3v) is 3.91. The molecule has 1 aliphatic rings. The fraction of sp³-hybridized carbons (Fsp3) is 0.353. The van der Waals surface area contributed by atoms with Gasteiger partial charge in [-0.3, -0.25) is 4.79 Å². The van der Waals surface area contributed by atoms with E-state index < -0.39 is 0 Å². The Labute approximate surface area is 124 Å². The highest BCUT2D eigenvalue weighted by atomic mass is 16.3. The molecule has 2 aromatic rings. The molecule has 0 aliphatic carbocycles. The average Bonchev–Trinajstić information content (AvgIpc) is 3.08. The van der Waals surface area contributed by atoms with Gasteiger partial charge in [-0.05, 0) is 37.1 Å². The normalized spacial score (nSPS) is 19.9. The van der Waals surface area contributed by atoms with E-state index in [9.17, 15) is 4.79 Å². The van der Waals surface area contributed by atoms with Crippen molar-refractivity contribution in [3.8, 4) is 0 Å². The third kappa shape index (κ3) is 3.34. The molecule has 0 spiro atoms. The molecule has 1 amide bonds. The molecular weight excluding hydrogens is 264 g/mol. The van der Waals surface area contributed by atoms with E-state index in [0.29, 0.717) is 0 Å². The van der Waals surface area contributed by atoms with Gasteiger partial charge < -0.3 is 15.1 Å². The summed E-state index contributed by atoms with van der Waals surface area (Å²) >= 11 is 0. The van der Waals surface area contributed by atoms with E-state index in [1.807, 2.05) is 42.5 Å². The molecule has 4 heteroatoms. The number of carbonyl (C=O) groups excluding carboxylic acids is 1. The number of hydrogen-bond donors (Lipinski definition) is 2. The first-order chi connectivity index (χ1) is 10.3. The predicted octanol–water partition coefficient (Wildman–Crippen LogP) is 2.48. The molecule has 4 nitrogen and oxygen atoms in total. The Morgan fingerprint density at radius 1 is 1.24 bits per heavy atom. The highest BCUT2D eigenvalue weighted by Gasteiger charge is 2.25. The first-order valence-corrected chi connectivity index (χ1v) is 7.44. The maximum Gasteiger partial charge on any atom is 0.225 e. The van der Waals surface area contributed by atoms with Crippen molar-refractivity contribution in [2.45, 2.75) is 18.9 Å². The van der Waals surface area contributed by atoms with E-state index in [0.717, 1.165) is 37.3 Å². The number of amides is 1. The first-order valence-electron chi connectivity index (χ1n) is 7.44. The molecule has 1 fully saturated rings. The van der Waals surface area contributed by atoms with Crippen molar-refractivity contribution in [1.82, 2.24) is 10.6 Å². The van der Waals surface area contributed by atoms with Crippen molar-refractivity contribution in [2.24, 2.45) is 5.92 Å². The van der Waals surface area contributed by atoms with Gasteiger partial charge in [0.1, 0.15) is 11.8 Å². The fourth-order valence-electron chi connectivity index (χ4n) is 2.76.